The SMILES string of the molecule is CC(SCCN1C(=O)c2ccccc2C1=O)C(=O)Nc1c(Cl)cccc1Cl. The summed E-state index contributed by atoms with van der Waals surface area (Å²) in [5, 5.41) is 3.03. The van der Waals surface area contributed by atoms with Crippen LogP contribution in [-0.4, -0.2) is 40.2 Å². The lowest BCUT2D eigenvalue weighted by molar-refractivity contribution is -0.115. The number of halogens is 2. The minimum Gasteiger partial charge on any atom is -0.323 e. The summed E-state index contributed by atoms with van der Waals surface area (Å²) in [5.74, 6) is -0.402. The van der Waals surface area contributed by atoms with Crippen LogP contribution in [0.15, 0.2) is 42.5 Å². The number of anilines is 1. The van der Waals surface area contributed by atoms with Gasteiger partial charge in [-0.3, -0.25) is 19.3 Å². The molecular weight excluding hydrogens is 407 g/mol. The number of thioether (sulfide) groups is 1. The number of nitrogens with one attached hydrogen (secondary N) is 1. The topological polar surface area (TPSA) is 66.5 Å². The summed E-state index contributed by atoms with van der Waals surface area (Å²) in [6.45, 7) is 1.98. The maximum atomic E-state index is 12.4. The van der Waals surface area contributed by atoms with Crippen molar-refractivity contribution in [3.63, 3.8) is 0 Å². The highest BCUT2D eigenvalue weighted by atomic mass is 35.5. The second-order valence-electron chi connectivity index (χ2n) is 5.91. The molecule has 27 heavy (non-hydrogen) atoms. The number of nitrogens with zero attached hydrogens (tertiary/aromatic N) is 1. The molecule has 1 atom stereocenters. The van der Waals surface area contributed by atoms with Gasteiger partial charge in [-0.2, -0.15) is 0 Å². The molecular formula is C19H16Cl2N2O3S. The zero-order valence-corrected chi connectivity index (χ0v) is 16.7. The molecule has 1 aliphatic rings. The number of imide groups is 1. The number of para-hydroxylation sites is 1. The first-order valence-electron chi connectivity index (χ1n) is 8.22. The van der Waals surface area contributed by atoms with Crippen LogP contribution in [0.4, 0.5) is 5.69 Å². The third-order valence-electron chi connectivity index (χ3n) is 4.14. The molecule has 0 saturated heterocycles. The average Bonchev–Trinajstić information content (AvgIpc) is 2.89. The van der Waals surface area contributed by atoms with Crippen LogP contribution in [0.3, 0.4) is 0 Å². The van der Waals surface area contributed by atoms with E-state index in [9.17, 15) is 14.4 Å². The number of fused-ring (bicyclic) bond motifs is 1. The van der Waals surface area contributed by atoms with E-state index in [4.69, 9.17) is 23.2 Å². The Bertz CT molecular complexity index is 864. The van der Waals surface area contributed by atoms with Crippen LogP contribution in [0, 0.1) is 0 Å². The summed E-state index contributed by atoms with van der Waals surface area (Å²) in [4.78, 5) is 38.2. The summed E-state index contributed by atoms with van der Waals surface area (Å²) in [7, 11) is 0. The van der Waals surface area contributed by atoms with E-state index in [1.807, 2.05) is 0 Å². The van der Waals surface area contributed by atoms with Gasteiger partial charge in [0.2, 0.25) is 5.91 Å². The van der Waals surface area contributed by atoms with Crippen molar-refractivity contribution in [1.29, 1.82) is 0 Å². The zero-order chi connectivity index (χ0) is 19.6. The molecule has 2 aromatic rings. The predicted molar refractivity (Wildman–Crippen MR) is 109 cm³/mol. The standard InChI is InChI=1S/C19H16Cl2N2O3S/c1-11(17(24)22-16-14(20)7-4-8-15(16)21)27-10-9-23-18(25)12-5-2-3-6-13(12)19(23)26/h2-8,11H,9-10H2,1H3,(H,22,24). The van der Waals surface area contributed by atoms with Crippen molar-refractivity contribution >= 4 is 58.4 Å². The number of carbonyl (C=O) groups is 3. The van der Waals surface area contributed by atoms with E-state index in [0.29, 0.717) is 32.6 Å². The van der Waals surface area contributed by atoms with Gasteiger partial charge in [0.15, 0.2) is 0 Å². The van der Waals surface area contributed by atoms with Crippen molar-refractivity contribution < 1.29 is 14.4 Å². The third kappa shape index (κ3) is 4.13. The van der Waals surface area contributed by atoms with E-state index >= 15 is 0 Å². The highest BCUT2D eigenvalue weighted by molar-refractivity contribution is 8.00. The maximum Gasteiger partial charge on any atom is 0.261 e. The fraction of sp³-hybridized carbons (Fsp3) is 0.211. The van der Waals surface area contributed by atoms with Gasteiger partial charge in [-0.05, 0) is 31.2 Å². The maximum absolute atomic E-state index is 12.4. The first-order chi connectivity index (χ1) is 12.9. The van der Waals surface area contributed by atoms with Crippen molar-refractivity contribution in [2.45, 2.75) is 12.2 Å². The predicted octanol–water partition coefficient (Wildman–Crippen LogP) is 4.35. The smallest absolute Gasteiger partial charge is 0.261 e. The Hall–Kier alpha value is -2.02. The van der Waals surface area contributed by atoms with Crippen LogP contribution in [0.1, 0.15) is 27.6 Å². The van der Waals surface area contributed by atoms with Crippen LogP contribution in [-0.2, 0) is 4.79 Å². The van der Waals surface area contributed by atoms with Crippen LogP contribution >= 0.6 is 35.0 Å². The van der Waals surface area contributed by atoms with Gasteiger partial charge in [-0.25, -0.2) is 0 Å². The Labute approximate surface area is 171 Å². The number of amides is 3. The highest BCUT2D eigenvalue weighted by Crippen LogP contribution is 2.30. The molecule has 140 valence electrons. The molecule has 1 aliphatic heterocycles. The van der Waals surface area contributed by atoms with Crippen molar-refractivity contribution in [3.05, 3.63) is 63.6 Å². The molecule has 0 bridgehead atoms. The largest absolute Gasteiger partial charge is 0.323 e. The molecule has 0 radical (unpaired) electrons. The van der Waals surface area contributed by atoms with Gasteiger partial charge >= 0.3 is 0 Å². The number of carbonyl (C=O) groups excluding carboxylic acids is 3. The summed E-state index contributed by atoms with van der Waals surface area (Å²) in [5.41, 5.74) is 1.22. The molecule has 2 aromatic carbocycles. The lowest BCUT2D eigenvalue weighted by atomic mass is 10.1. The van der Waals surface area contributed by atoms with E-state index in [1.165, 1.54) is 16.7 Å². The molecule has 8 heteroatoms. The van der Waals surface area contributed by atoms with Crippen molar-refractivity contribution in [2.24, 2.45) is 0 Å². The first kappa shape index (κ1) is 19.7. The third-order valence-corrected chi connectivity index (χ3v) is 5.90. The average molecular weight is 423 g/mol. The molecule has 3 rings (SSSR count). The van der Waals surface area contributed by atoms with E-state index in [-0.39, 0.29) is 24.3 Å². The Morgan fingerprint density at radius 2 is 1.59 bits per heavy atom. The van der Waals surface area contributed by atoms with Crippen LogP contribution < -0.4 is 5.32 Å². The Balaban J connectivity index is 1.54. The van der Waals surface area contributed by atoms with Gasteiger partial charge in [0.1, 0.15) is 0 Å². The Kier molecular flexibility index (Phi) is 6.09. The summed E-state index contributed by atoms with van der Waals surface area (Å²) >= 11 is 13.5. The van der Waals surface area contributed by atoms with Gasteiger partial charge in [-0.1, -0.05) is 41.4 Å². The lowest BCUT2D eigenvalue weighted by Gasteiger charge is -2.16. The number of hydrogen-bond acceptors (Lipinski definition) is 4. The van der Waals surface area contributed by atoms with Gasteiger partial charge in [-0.15, -0.1) is 11.8 Å². The van der Waals surface area contributed by atoms with E-state index in [0.717, 1.165) is 0 Å². The van der Waals surface area contributed by atoms with E-state index < -0.39 is 5.25 Å². The number of benzene rings is 2. The molecule has 5 nitrogen and oxygen atoms in total. The van der Waals surface area contributed by atoms with E-state index in [2.05, 4.69) is 5.32 Å². The van der Waals surface area contributed by atoms with Crippen LogP contribution in [0.25, 0.3) is 0 Å². The monoisotopic (exact) mass is 422 g/mol. The minimum absolute atomic E-state index is 0.238. The van der Waals surface area contributed by atoms with Crippen molar-refractivity contribution in [3.8, 4) is 0 Å². The molecule has 1 heterocycles. The van der Waals surface area contributed by atoms with Crippen LogP contribution in [0.5, 0.6) is 0 Å². The van der Waals surface area contributed by atoms with Crippen LogP contribution in [0.2, 0.25) is 10.0 Å². The lowest BCUT2D eigenvalue weighted by Crippen LogP contribution is -2.32. The van der Waals surface area contributed by atoms with Crippen molar-refractivity contribution in [1.82, 2.24) is 4.90 Å². The van der Waals surface area contributed by atoms with Crippen molar-refractivity contribution in [2.75, 3.05) is 17.6 Å². The van der Waals surface area contributed by atoms with Gasteiger partial charge in [0, 0.05) is 12.3 Å². The quantitative estimate of drug-likeness (QED) is 0.702. The molecule has 0 saturated carbocycles. The molecule has 3 amide bonds. The summed E-state index contributed by atoms with van der Waals surface area (Å²) in [6.07, 6.45) is 0. The number of rotatable bonds is 6. The number of hydrogen-bond donors (Lipinski definition) is 1. The Morgan fingerprint density at radius 3 is 2.15 bits per heavy atom. The fourth-order valence-electron chi connectivity index (χ4n) is 2.68. The normalized spacial score (nSPS) is 14.3. The second kappa shape index (κ2) is 8.33. The summed E-state index contributed by atoms with van der Waals surface area (Å²) < 4.78 is 0. The van der Waals surface area contributed by atoms with Gasteiger partial charge in [0.05, 0.1) is 32.1 Å². The first-order valence-corrected chi connectivity index (χ1v) is 10.0. The summed E-state index contributed by atoms with van der Waals surface area (Å²) in [6, 6.07) is 11.7. The molecule has 0 fully saturated rings. The van der Waals surface area contributed by atoms with E-state index in [1.54, 1.807) is 49.4 Å². The fourth-order valence-corrected chi connectivity index (χ4v) is 4.02. The molecule has 0 aliphatic carbocycles. The molecule has 0 aromatic heterocycles. The zero-order valence-electron chi connectivity index (χ0n) is 14.4. The Morgan fingerprint density at radius 1 is 1.04 bits per heavy atom. The molecule has 0 spiro atoms. The second-order valence-corrected chi connectivity index (χ2v) is 8.17. The van der Waals surface area contributed by atoms with Gasteiger partial charge < -0.3 is 5.32 Å². The molecule has 1 unspecified atom stereocenters. The minimum atomic E-state index is -0.410. The highest BCUT2D eigenvalue weighted by Gasteiger charge is 2.34. The van der Waals surface area contributed by atoms with Gasteiger partial charge in [0.25, 0.3) is 11.8 Å². The molecule has 1 N–H and O–H groups in total.